The third-order valence-corrected chi connectivity index (χ3v) is 7.64. The molecule has 2 aromatic heterocycles. The van der Waals surface area contributed by atoms with E-state index in [-0.39, 0.29) is 23.8 Å². The van der Waals surface area contributed by atoms with E-state index in [1.165, 1.54) is 15.2 Å². The molecule has 0 saturated carbocycles. The second-order valence-electron chi connectivity index (χ2n) is 6.25. The number of aryl methyl sites for hydroxylation is 2. The summed E-state index contributed by atoms with van der Waals surface area (Å²) < 4.78 is 27.4. The van der Waals surface area contributed by atoms with E-state index in [1.807, 2.05) is 6.92 Å². The van der Waals surface area contributed by atoms with E-state index in [0.717, 1.165) is 24.2 Å². The van der Waals surface area contributed by atoms with Crippen molar-refractivity contribution in [3.05, 3.63) is 27.1 Å². The largest absolute Gasteiger partial charge is 0.350 e. The highest BCUT2D eigenvalue weighted by molar-refractivity contribution is 7.89. The highest BCUT2D eigenvalue weighted by Crippen LogP contribution is 2.26. The van der Waals surface area contributed by atoms with Crippen LogP contribution in [0.15, 0.2) is 11.1 Å². The Balaban J connectivity index is 1.73. The van der Waals surface area contributed by atoms with Gasteiger partial charge < -0.3 is 5.32 Å². The van der Waals surface area contributed by atoms with Crippen LogP contribution < -0.4 is 10.9 Å². The molecule has 1 aliphatic rings. The van der Waals surface area contributed by atoms with Gasteiger partial charge in [0.2, 0.25) is 10.0 Å². The van der Waals surface area contributed by atoms with E-state index in [1.54, 1.807) is 6.92 Å². The van der Waals surface area contributed by atoms with E-state index in [9.17, 15) is 18.0 Å². The first-order chi connectivity index (χ1) is 12.3. The number of rotatable bonds is 6. The van der Waals surface area contributed by atoms with Crippen LogP contribution in [0.1, 0.15) is 35.0 Å². The molecule has 0 unspecified atom stereocenters. The number of amides is 1. The Labute approximate surface area is 155 Å². The first kappa shape index (κ1) is 19.0. The quantitative estimate of drug-likeness (QED) is 0.780. The molecule has 1 saturated heterocycles. The molecule has 3 heterocycles. The van der Waals surface area contributed by atoms with Crippen LogP contribution in [0, 0.1) is 6.92 Å². The molecule has 8 nitrogen and oxygen atoms in total. The zero-order valence-corrected chi connectivity index (χ0v) is 16.5. The second kappa shape index (κ2) is 7.45. The number of aromatic nitrogens is 2. The molecule has 1 amide bonds. The van der Waals surface area contributed by atoms with Crippen LogP contribution in [-0.4, -0.2) is 53.6 Å². The fourth-order valence-electron chi connectivity index (χ4n) is 3.07. The van der Waals surface area contributed by atoms with Crippen molar-refractivity contribution >= 4 is 37.5 Å². The van der Waals surface area contributed by atoms with Gasteiger partial charge in [-0.1, -0.05) is 0 Å². The lowest BCUT2D eigenvalue weighted by atomic mass is 10.2. The number of hydrogen-bond acceptors (Lipinski definition) is 6. The van der Waals surface area contributed by atoms with Gasteiger partial charge in [0.1, 0.15) is 4.83 Å². The maximum atomic E-state index is 12.5. The molecule has 10 heteroatoms. The van der Waals surface area contributed by atoms with Gasteiger partial charge in [0, 0.05) is 26.2 Å². The summed E-state index contributed by atoms with van der Waals surface area (Å²) >= 11 is 1.15. The number of carbonyl (C=O) groups excluding carboxylic acids is 1. The summed E-state index contributed by atoms with van der Waals surface area (Å²) in [5.74, 6) is -0.492. The Morgan fingerprint density at radius 3 is 2.69 bits per heavy atom. The van der Waals surface area contributed by atoms with Gasteiger partial charge in [-0.05, 0) is 32.3 Å². The topological polar surface area (TPSA) is 101 Å². The normalized spacial score (nSPS) is 15.6. The number of nitrogens with one attached hydrogen (secondary N) is 1. The summed E-state index contributed by atoms with van der Waals surface area (Å²) in [6.45, 7) is 5.23. The molecule has 26 heavy (non-hydrogen) atoms. The number of hydrogen-bond donors (Lipinski definition) is 1. The van der Waals surface area contributed by atoms with Crippen LogP contribution in [0.5, 0.6) is 0 Å². The van der Waals surface area contributed by atoms with Crippen molar-refractivity contribution in [1.82, 2.24) is 19.2 Å². The van der Waals surface area contributed by atoms with Gasteiger partial charge in [-0.25, -0.2) is 17.7 Å². The first-order valence-corrected chi connectivity index (χ1v) is 11.0. The highest BCUT2D eigenvalue weighted by Gasteiger charge is 2.25. The minimum Gasteiger partial charge on any atom is -0.350 e. The molecule has 0 aromatic carbocycles. The van der Waals surface area contributed by atoms with Crippen LogP contribution in [0.25, 0.3) is 10.2 Å². The minimum absolute atomic E-state index is 0.0397. The van der Waals surface area contributed by atoms with Crippen molar-refractivity contribution in [2.75, 3.05) is 25.4 Å². The zero-order chi connectivity index (χ0) is 18.9. The number of thiophene rings is 1. The number of carbonyl (C=O) groups is 1. The minimum atomic E-state index is -3.33. The molecule has 0 bridgehead atoms. The molecule has 2 aromatic rings. The SMILES string of the molecule is CCn1cnc2sc(C(=O)NCCS(=O)(=O)N3CCCC3)c(C)c2c1=O. The lowest BCUT2D eigenvalue weighted by Crippen LogP contribution is -2.36. The Hall–Kier alpha value is -1.78. The van der Waals surface area contributed by atoms with Crippen molar-refractivity contribution in [3.8, 4) is 0 Å². The molecule has 3 rings (SSSR count). The predicted molar refractivity (Wildman–Crippen MR) is 101 cm³/mol. The summed E-state index contributed by atoms with van der Waals surface area (Å²) in [4.78, 5) is 30.1. The Kier molecular flexibility index (Phi) is 5.44. The lowest BCUT2D eigenvalue weighted by Gasteiger charge is -2.15. The molecule has 142 valence electrons. The Bertz CT molecular complexity index is 988. The van der Waals surface area contributed by atoms with Crippen molar-refractivity contribution < 1.29 is 13.2 Å². The zero-order valence-electron chi connectivity index (χ0n) is 14.8. The van der Waals surface area contributed by atoms with Gasteiger partial charge in [-0.3, -0.25) is 14.2 Å². The van der Waals surface area contributed by atoms with E-state index < -0.39 is 10.0 Å². The first-order valence-electron chi connectivity index (χ1n) is 8.59. The van der Waals surface area contributed by atoms with Crippen LogP contribution in [0.4, 0.5) is 0 Å². The van der Waals surface area contributed by atoms with Crippen molar-refractivity contribution in [3.63, 3.8) is 0 Å². The van der Waals surface area contributed by atoms with Crippen molar-refractivity contribution in [2.24, 2.45) is 0 Å². The molecule has 1 N–H and O–H groups in total. The van der Waals surface area contributed by atoms with Crippen molar-refractivity contribution in [1.29, 1.82) is 0 Å². The summed E-state index contributed by atoms with van der Waals surface area (Å²) in [5.41, 5.74) is 0.423. The second-order valence-corrected chi connectivity index (χ2v) is 9.34. The summed E-state index contributed by atoms with van der Waals surface area (Å²) in [5, 5.41) is 3.11. The van der Waals surface area contributed by atoms with Crippen LogP contribution in [0.2, 0.25) is 0 Å². The third-order valence-electron chi connectivity index (χ3n) is 4.57. The fourth-order valence-corrected chi connectivity index (χ4v) is 5.56. The van der Waals surface area contributed by atoms with Gasteiger partial charge >= 0.3 is 0 Å². The van der Waals surface area contributed by atoms with E-state index in [4.69, 9.17) is 0 Å². The highest BCUT2D eigenvalue weighted by atomic mass is 32.2. The van der Waals surface area contributed by atoms with Crippen LogP contribution in [0.3, 0.4) is 0 Å². The molecule has 0 aliphatic carbocycles. The van der Waals surface area contributed by atoms with E-state index in [2.05, 4.69) is 10.3 Å². The van der Waals surface area contributed by atoms with Gasteiger partial charge in [0.25, 0.3) is 11.5 Å². The molecular formula is C16H22N4O4S2. The fraction of sp³-hybridized carbons (Fsp3) is 0.562. The maximum absolute atomic E-state index is 12.5. The van der Waals surface area contributed by atoms with Crippen LogP contribution >= 0.6 is 11.3 Å². The predicted octanol–water partition coefficient (Wildman–Crippen LogP) is 0.942. The van der Waals surface area contributed by atoms with E-state index >= 15 is 0 Å². The Morgan fingerprint density at radius 2 is 2.04 bits per heavy atom. The number of nitrogens with zero attached hydrogens (tertiary/aromatic N) is 3. The molecule has 0 spiro atoms. The van der Waals surface area contributed by atoms with Gasteiger partial charge in [-0.15, -0.1) is 11.3 Å². The standard InChI is InChI=1S/C16H22N4O4S2/c1-3-19-10-18-15-12(16(19)22)11(2)13(25-15)14(21)17-6-9-26(23,24)20-7-4-5-8-20/h10H,3-9H2,1-2H3,(H,17,21). The molecular weight excluding hydrogens is 376 g/mol. The Morgan fingerprint density at radius 1 is 1.35 bits per heavy atom. The number of fused-ring (bicyclic) bond motifs is 1. The lowest BCUT2D eigenvalue weighted by molar-refractivity contribution is 0.0959. The summed E-state index contributed by atoms with van der Waals surface area (Å²) in [7, 11) is -3.33. The average Bonchev–Trinajstić information content (AvgIpc) is 3.24. The van der Waals surface area contributed by atoms with Crippen molar-refractivity contribution in [2.45, 2.75) is 33.2 Å². The molecule has 1 aliphatic heterocycles. The summed E-state index contributed by atoms with van der Waals surface area (Å²) in [6.07, 6.45) is 3.24. The smallest absolute Gasteiger partial charge is 0.262 e. The maximum Gasteiger partial charge on any atom is 0.262 e. The third kappa shape index (κ3) is 3.53. The van der Waals surface area contributed by atoms with Gasteiger partial charge in [0.05, 0.1) is 22.3 Å². The average molecular weight is 399 g/mol. The molecule has 0 atom stereocenters. The number of sulfonamides is 1. The molecule has 1 fully saturated rings. The van der Waals surface area contributed by atoms with Gasteiger partial charge in [0.15, 0.2) is 0 Å². The molecule has 0 radical (unpaired) electrons. The summed E-state index contributed by atoms with van der Waals surface area (Å²) in [6, 6.07) is 0. The van der Waals surface area contributed by atoms with E-state index in [0.29, 0.717) is 40.3 Å². The van der Waals surface area contributed by atoms with Gasteiger partial charge in [-0.2, -0.15) is 0 Å². The van der Waals surface area contributed by atoms with Crippen LogP contribution in [-0.2, 0) is 16.6 Å². The monoisotopic (exact) mass is 398 g/mol.